The van der Waals surface area contributed by atoms with Crippen LogP contribution in [0.1, 0.15) is 47.2 Å². The molecule has 2 atom stereocenters. The molecular formula is C16H23BN2O5. The van der Waals surface area contributed by atoms with Crippen molar-refractivity contribution in [3.05, 3.63) is 34.9 Å². The molecule has 0 radical (unpaired) electrons. The van der Waals surface area contributed by atoms with Crippen molar-refractivity contribution in [1.29, 1.82) is 0 Å². The van der Waals surface area contributed by atoms with E-state index < -0.39 is 19.2 Å². The van der Waals surface area contributed by atoms with E-state index in [1.807, 2.05) is 0 Å². The third-order valence-electron chi connectivity index (χ3n) is 4.41. The standard InChI is InChI=1S/C16H23BN2O5/c18-8-11-2-1-10(5-12(11)9-19)15(20)6-13-3-4-14(7-16(21)22)24-17(13)23/h1-2,5,13-14,23H,3-4,6-9,18-19H2,(H,21,22)/t13-,14+/m1/s1. The molecule has 1 aliphatic heterocycles. The number of aliphatic carboxylic acids is 1. The molecule has 0 bridgehead atoms. The molecule has 2 rings (SSSR count). The third-order valence-corrected chi connectivity index (χ3v) is 4.41. The number of Topliss-reactive ketones (excluding diaryl/α,β-unsaturated/α-hetero) is 1. The Morgan fingerprint density at radius 1 is 1.17 bits per heavy atom. The van der Waals surface area contributed by atoms with E-state index in [0.29, 0.717) is 31.5 Å². The first-order valence-electron chi connectivity index (χ1n) is 8.05. The minimum absolute atomic E-state index is 0.0994. The fourth-order valence-corrected chi connectivity index (χ4v) is 3.01. The van der Waals surface area contributed by atoms with Gasteiger partial charge in [0.2, 0.25) is 0 Å². The topological polar surface area (TPSA) is 136 Å². The Morgan fingerprint density at radius 3 is 2.46 bits per heavy atom. The number of hydrogen-bond donors (Lipinski definition) is 4. The van der Waals surface area contributed by atoms with Crippen LogP contribution in [0.2, 0.25) is 5.82 Å². The monoisotopic (exact) mass is 334 g/mol. The molecule has 130 valence electrons. The summed E-state index contributed by atoms with van der Waals surface area (Å²) in [6.07, 6.45) is 0.568. The van der Waals surface area contributed by atoms with Crippen LogP contribution >= 0.6 is 0 Å². The summed E-state index contributed by atoms with van der Waals surface area (Å²) in [6, 6.07) is 5.26. The summed E-state index contributed by atoms with van der Waals surface area (Å²) in [4.78, 5) is 23.1. The van der Waals surface area contributed by atoms with Gasteiger partial charge >= 0.3 is 13.1 Å². The minimum Gasteiger partial charge on any atom is -0.481 e. The van der Waals surface area contributed by atoms with E-state index in [9.17, 15) is 14.6 Å². The third kappa shape index (κ3) is 4.64. The van der Waals surface area contributed by atoms with Crippen LogP contribution < -0.4 is 11.5 Å². The van der Waals surface area contributed by atoms with Crippen molar-refractivity contribution in [2.75, 3.05) is 0 Å². The maximum Gasteiger partial charge on any atom is 0.458 e. The Bertz CT molecular complexity index is 610. The zero-order valence-corrected chi connectivity index (χ0v) is 13.5. The lowest BCUT2D eigenvalue weighted by molar-refractivity contribution is -0.139. The van der Waals surface area contributed by atoms with Crippen molar-refractivity contribution < 1.29 is 24.4 Å². The molecule has 24 heavy (non-hydrogen) atoms. The molecule has 1 aromatic carbocycles. The average molecular weight is 334 g/mol. The summed E-state index contributed by atoms with van der Waals surface area (Å²) in [5.41, 5.74) is 13.6. The van der Waals surface area contributed by atoms with Gasteiger partial charge in [0, 0.05) is 30.9 Å². The summed E-state index contributed by atoms with van der Waals surface area (Å²) >= 11 is 0. The van der Waals surface area contributed by atoms with Crippen LogP contribution in [0.3, 0.4) is 0 Å². The highest BCUT2D eigenvalue weighted by Gasteiger charge is 2.36. The first kappa shape index (κ1) is 18.6. The zero-order chi connectivity index (χ0) is 17.7. The SMILES string of the molecule is NCc1ccc(C(=O)C[C@H]2CC[C@@H](CC(=O)O)OB2O)cc1CN. The Morgan fingerprint density at radius 2 is 1.88 bits per heavy atom. The lowest BCUT2D eigenvalue weighted by atomic mass is 9.64. The number of carbonyl (C=O) groups excluding carboxylic acids is 1. The number of rotatable bonds is 7. The Kier molecular flexibility index (Phi) is 6.50. The summed E-state index contributed by atoms with van der Waals surface area (Å²) in [5, 5.41) is 18.8. The van der Waals surface area contributed by atoms with Crippen molar-refractivity contribution >= 4 is 18.9 Å². The summed E-state index contributed by atoms with van der Waals surface area (Å²) in [7, 11) is -1.12. The number of hydrogen-bond acceptors (Lipinski definition) is 6. The maximum atomic E-state index is 12.5. The van der Waals surface area contributed by atoms with E-state index in [1.165, 1.54) is 0 Å². The van der Waals surface area contributed by atoms with Gasteiger partial charge < -0.3 is 26.3 Å². The second-order valence-corrected chi connectivity index (χ2v) is 6.10. The van der Waals surface area contributed by atoms with Gasteiger partial charge in [0.15, 0.2) is 5.78 Å². The molecule has 1 aromatic rings. The molecule has 1 saturated heterocycles. The van der Waals surface area contributed by atoms with Crippen LogP contribution in [0, 0.1) is 0 Å². The molecule has 0 unspecified atom stereocenters. The number of ketones is 1. The molecule has 0 spiro atoms. The molecule has 1 fully saturated rings. The smallest absolute Gasteiger partial charge is 0.458 e. The van der Waals surface area contributed by atoms with E-state index in [4.69, 9.17) is 21.2 Å². The van der Waals surface area contributed by atoms with Crippen molar-refractivity contribution in [2.24, 2.45) is 11.5 Å². The largest absolute Gasteiger partial charge is 0.481 e. The molecule has 6 N–H and O–H groups in total. The zero-order valence-electron chi connectivity index (χ0n) is 13.5. The highest BCUT2D eigenvalue weighted by Crippen LogP contribution is 2.31. The number of carbonyl (C=O) groups is 2. The Hall–Kier alpha value is -1.74. The van der Waals surface area contributed by atoms with Crippen molar-refractivity contribution in [3.63, 3.8) is 0 Å². The predicted octanol–water partition coefficient (Wildman–Crippen LogP) is 0.681. The number of benzene rings is 1. The number of carboxylic acid groups (broad SMARTS) is 1. The van der Waals surface area contributed by atoms with Crippen LogP contribution in [0.4, 0.5) is 0 Å². The lowest BCUT2D eigenvalue weighted by Gasteiger charge is -2.30. The molecule has 1 aliphatic rings. The van der Waals surface area contributed by atoms with Crippen LogP contribution in [0.5, 0.6) is 0 Å². The van der Waals surface area contributed by atoms with Crippen LogP contribution in [0.25, 0.3) is 0 Å². The second-order valence-electron chi connectivity index (χ2n) is 6.10. The first-order valence-corrected chi connectivity index (χ1v) is 8.05. The fourth-order valence-electron chi connectivity index (χ4n) is 3.01. The maximum absolute atomic E-state index is 12.5. The first-order chi connectivity index (χ1) is 11.4. The predicted molar refractivity (Wildman–Crippen MR) is 89.3 cm³/mol. The highest BCUT2D eigenvalue weighted by molar-refractivity contribution is 6.45. The number of nitrogens with two attached hydrogens (primary N) is 2. The second kappa shape index (κ2) is 8.39. The van der Waals surface area contributed by atoms with Gasteiger partial charge in [-0.25, -0.2) is 0 Å². The van der Waals surface area contributed by atoms with Gasteiger partial charge in [-0.3, -0.25) is 9.59 Å². The van der Waals surface area contributed by atoms with Crippen LogP contribution in [-0.2, 0) is 22.5 Å². The van der Waals surface area contributed by atoms with Crippen LogP contribution in [0.15, 0.2) is 18.2 Å². The molecule has 0 aliphatic carbocycles. The van der Waals surface area contributed by atoms with Gasteiger partial charge in [0.25, 0.3) is 0 Å². The van der Waals surface area contributed by atoms with Gasteiger partial charge in [-0.1, -0.05) is 12.1 Å². The lowest BCUT2D eigenvalue weighted by Crippen LogP contribution is -2.38. The van der Waals surface area contributed by atoms with Crippen molar-refractivity contribution in [2.45, 2.75) is 50.7 Å². The van der Waals surface area contributed by atoms with Gasteiger partial charge in [0.1, 0.15) is 0 Å². The summed E-state index contributed by atoms with van der Waals surface area (Å²) < 4.78 is 5.31. The molecule has 7 nitrogen and oxygen atoms in total. The van der Waals surface area contributed by atoms with E-state index in [0.717, 1.165) is 11.1 Å². The summed E-state index contributed by atoms with van der Waals surface area (Å²) in [5.74, 6) is -1.40. The molecule has 0 amide bonds. The highest BCUT2D eigenvalue weighted by atomic mass is 16.5. The van der Waals surface area contributed by atoms with Gasteiger partial charge in [0.05, 0.1) is 12.5 Å². The quantitative estimate of drug-likeness (QED) is 0.425. The van der Waals surface area contributed by atoms with E-state index in [1.54, 1.807) is 18.2 Å². The van der Waals surface area contributed by atoms with Gasteiger partial charge in [-0.05, 0) is 30.0 Å². The van der Waals surface area contributed by atoms with Crippen molar-refractivity contribution in [1.82, 2.24) is 0 Å². The molecule has 0 aromatic heterocycles. The summed E-state index contributed by atoms with van der Waals surface area (Å²) in [6.45, 7) is 0.667. The fraction of sp³-hybridized carbons (Fsp3) is 0.500. The van der Waals surface area contributed by atoms with Crippen molar-refractivity contribution in [3.8, 4) is 0 Å². The molecular weight excluding hydrogens is 311 g/mol. The van der Waals surface area contributed by atoms with Gasteiger partial charge in [-0.15, -0.1) is 0 Å². The van der Waals surface area contributed by atoms with E-state index in [2.05, 4.69) is 0 Å². The Labute approximate surface area is 141 Å². The average Bonchev–Trinajstić information content (AvgIpc) is 2.56. The molecule has 0 saturated carbocycles. The van der Waals surface area contributed by atoms with E-state index in [-0.39, 0.29) is 24.4 Å². The van der Waals surface area contributed by atoms with Gasteiger partial charge in [-0.2, -0.15) is 0 Å². The number of carboxylic acids is 1. The minimum atomic E-state index is -1.12. The molecule has 1 heterocycles. The van der Waals surface area contributed by atoms with E-state index >= 15 is 0 Å². The van der Waals surface area contributed by atoms with Crippen LogP contribution in [-0.4, -0.2) is 35.1 Å². The molecule has 8 heteroatoms. The normalized spacial score (nSPS) is 20.9. The Balaban J connectivity index is 1.99.